The Morgan fingerprint density at radius 3 is 2.71 bits per heavy atom. The third-order valence-corrected chi connectivity index (χ3v) is 1.92. The summed E-state index contributed by atoms with van der Waals surface area (Å²) in [6, 6.07) is 4.10. The van der Waals surface area contributed by atoms with Crippen molar-refractivity contribution < 1.29 is 9.90 Å². The first kappa shape index (κ1) is 10.3. The van der Waals surface area contributed by atoms with Crippen molar-refractivity contribution in [3.63, 3.8) is 0 Å². The summed E-state index contributed by atoms with van der Waals surface area (Å²) >= 11 is 0. The highest BCUT2D eigenvalue weighted by Crippen LogP contribution is 2.21. The van der Waals surface area contributed by atoms with E-state index < -0.39 is 5.91 Å². The molecule has 14 heavy (non-hydrogen) atoms. The lowest BCUT2D eigenvalue weighted by Gasteiger charge is -2.08. The Morgan fingerprint density at radius 2 is 2.21 bits per heavy atom. The maximum Gasteiger partial charge on any atom is 0.252 e. The molecule has 74 valence electrons. The monoisotopic (exact) mass is 192 g/mol. The van der Waals surface area contributed by atoms with Gasteiger partial charge in [0.2, 0.25) is 0 Å². The van der Waals surface area contributed by atoms with Crippen molar-refractivity contribution in [1.82, 2.24) is 0 Å². The van der Waals surface area contributed by atoms with Crippen LogP contribution in [0.3, 0.4) is 0 Å². The molecule has 0 bridgehead atoms. The average molecular weight is 192 g/mol. The molecule has 1 atom stereocenters. The first-order valence-corrected chi connectivity index (χ1v) is 4.07. The second-order valence-electron chi connectivity index (χ2n) is 2.90. The first-order valence-electron chi connectivity index (χ1n) is 4.07. The summed E-state index contributed by atoms with van der Waals surface area (Å²) in [5.74, 6) is -0.821. The minimum absolute atomic E-state index is 0.0693. The molecule has 0 saturated heterocycles. The first-order chi connectivity index (χ1) is 6.56. The molecule has 0 aromatic heterocycles. The molecule has 0 aliphatic carbocycles. The van der Waals surface area contributed by atoms with Crippen molar-refractivity contribution in [1.29, 1.82) is 0 Å². The Labute approximate surface area is 81.8 Å². The summed E-state index contributed by atoms with van der Waals surface area (Å²) in [6.45, 7) is 3.53. The van der Waals surface area contributed by atoms with Gasteiger partial charge in [-0.2, -0.15) is 0 Å². The number of benzene rings is 1. The van der Waals surface area contributed by atoms with Crippen LogP contribution in [0, 0.1) is 0 Å². The summed E-state index contributed by atoms with van der Waals surface area (Å²) < 4.78 is 0. The van der Waals surface area contributed by atoms with Crippen LogP contribution >= 0.6 is 0 Å². The van der Waals surface area contributed by atoms with Gasteiger partial charge in [0.05, 0.1) is 5.56 Å². The van der Waals surface area contributed by atoms with E-state index in [1.54, 1.807) is 6.07 Å². The van der Waals surface area contributed by atoms with E-state index in [2.05, 4.69) is 6.58 Å². The largest absolute Gasteiger partial charge is 0.507 e. The number of nitrogens with two attached hydrogens (primary N) is 2. The fourth-order valence-electron chi connectivity index (χ4n) is 1.09. The van der Waals surface area contributed by atoms with Crippen molar-refractivity contribution >= 4 is 5.91 Å². The van der Waals surface area contributed by atoms with E-state index >= 15 is 0 Å². The number of amides is 1. The van der Waals surface area contributed by atoms with Gasteiger partial charge in [-0.15, -0.1) is 6.58 Å². The zero-order valence-electron chi connectivity index (χ0n) is 7.60. The zero-order valence-corrected chi connectivity index (χ0v) is 7.60. The minimum atomic E-state index is -0.680. The van der Waals surface area contributed by atoms with Gasteiger partial charge in [0, 0.05) is 6.04 Å². The Bertz CT molecular complexity index is 374. The van der Waals surface area contributed by atoms with Gasteiger partial charge in [-0.1, -0.05) is 12.1 Å². The van der Waals surface area contributed by atoms with Gasteiger partial charge in [0.15, 0.2) is 0 Å². The van der Waals surface area contributed by atoms with E-state index in [1.807, 2.05) is 0 Å². The molecule has 0 unspecified atom stereocenters. The maximum absolute atomic E-state index is 10.9. The molecule has 1 amide bonds. The van der Waals surface area contributed by atoms with Crippen molar-refractivity contribution in [2.45, 2.75) is 6.04 Å². The normalized spacial score (nSPS) is 12.1. The third-order valence-electron chi connectivity index (χ3n) is 1.92. The molecular weight excluding hydrogens is 180 g/mol. The summed E-state index contributed by atoms with van der Waals surface area (Å²) in [6.07, 6.45) is 1.54. The predicted octanol–water partition coefficient (Wildman–Crippen LogP) is 0.677. The fourth-order valence-corrected chi connectivity index (χ4v) is 1.09. The number of phenols is 1. The zero-order chi connectivity index (χ0) is 10.7. The number of hydrogen-bond acceptors (Lipinski definition) is 3. The maximum atomic E-state index is 10.9. The second-order valence-corrected chi connectivity index (χ2v) is 2.90. The Balaban J connectivity index is 3.19. The fraction of sp³-hybridized carbons (Fsp3) is 0.100. The average Bonchev–Trinajstić information content (AvgIpc) is 2.17. The third kappa shape index (κ3) is 1.92. The van der Waals surface area contributed by atoms with Gasteiger partial charge in [-0.05, 0) is 17.7 Å². The molecule has 1 rings (SSSR count). The molecule has 0 heterocycles. The smallest absolute Gasteiger partial charge is 0.252 e. The minimum Gasteiger partial charge on any atom is -0.507 e. The van der Waals surface area contributed by atoms with Gasteiger partial charge in [-0.25, -0.2) is 0 Å². The molecule has 4 heteroatoms. The van der Waals surface area contributed by atoms with E-state index in [4.69, 9.17) is 11.5 Å². The van der Waals surface area contributed by atoms with Gasteiger partial charge in [-0.3, -0.25) is 4.79 Å². The topological polar surface area (TPSA) is 89.3 Å². The van der Waals surface area contributed by atoms with Crippen LogP contribution in [0.25, 0.3) is 0 Å². The molecule has 4 nitrogen and oxygen atoms in total. The van der Waals surface area contributed by atoms with Crippen molar-refractivity contribution in [3.8, 4) is 5.75 Å². The quantitative estimate of drug-likeness (QED) is 0.615. The van der Waals surface area contributed by atoms with Gasteiger partial charge in [0.25, 0.3) is 5.91 Å². The summed E-state index contributed by atoms with van der Waals surface area (Å²) in [4.78, 5) is 10.9. The number of carbonyl (C=O) groups is 1. The van der Waals surface area contributed by atoms with Gasteiger partial charge in [0.1, 0.15) is 5.75 Å². The van der Waals surface area contributed by atoms with Crippen LogP contribution in [-0.2, 0) is 0 Å². The van der Waals surface area contributed by atoms with E-state index in [0.717, 1.165) is 0 Å². The van der Waals surface area contributed by atoms with Crippen molar-refractivity contribution in [2.75, 3.05) is 0 Å². The molecule has 1 aromatic rings. The second kappa shape index (κ2) is 3.93. The van der Waals surface area contributed by atoms with Crippen LogP contribution in [0.4, 0.5) is 0 Å². The molecule has 0 radical (unpaired) electrons. The number of carbonyl (C=O) groups excluding carboxylic acids is 1. The van der Waals surface area contributed by atoms with E-state index in [9.17, 15) is 9.90 Å². The number of hydrogen-bond donors (Lipinski definition) is 3. The highest BCUT2D eigenvalue weighted by Gasteiger charge is 2.10. The molecule has 5 N–H and O–H groups in total. The van der Waals surface area contributed by atoms with E-state index in [1.165, 1.54) is 18.2 Å². The Kier molecular flexibility index (Phi) is 2.89. The Hall–Kier alpha value is -1.81. The molecule has 1 aromatic carbocycles. The van der Waals surface area contributed by atoms with E-state index in [-0.39, 0.29) is 17.4 Å². The van der Waals surface area contributed by atoms with Crippen LogP contribution in [0.5, 0.6) is 5.75 Å². The van der Waals surface area contributed by atoms with Crippen LogP contribution in [0.1, 0.15) is 22.0 Å². The highest BCUT2D eigenvalue weighted by atomic mass is 16.3. The molecule has 0 saturated carbocycles. The highest BCUT2D eigenvalue weighted by molar-refractivity contribution is 5.95. The summed E-state index contributed by atoms with van der Waals surface area (Å²) in [7, 11) is 0. The van der Waals surface area contributed by atoms with Crippen molar-refractivity contribution in [3.05, 3.63) is 42.0 Å². The molecule has 0 fully saturated rings. The lowest BCUT2D eigenvalue weighted by molar-refractivity contribution is 0.0997. The van der Waals surface area contributed by atoms with Crippen LogP contribution in [-0.4, -0.2) is 11.0 Å². The SMILES string of the molecule is C=C[C@H](N)c1ccc(O)c(C(N)=O)c1. The van der Waals surface area contributed by atoms with Gasteiger partial charge >= 0.3 is 0 Å². The van der Waals surface area contributed by atoms with Crippen LogP contribution in [0.2, 0.25) is 0 Å². The van der Waals surface area contributed by atoms with E-state index in [0.29, 0.717) is 5.56 Å². The van der Waals surface area contributed by atoms with Crippen LogP contribution < -0.4 is 11.5 Å². The van der Waals surface area contributed by atoms with Gasteiger partial charge < -0.3 is 16.6 Å². The van der Waals surface area contributed by atoms with Crippen LogP contribution in [0.15, 0.2) is 30.9 Å². The number of aromatic hydroxyl groups is 1. The Morgan fingerprint density at radius 1 is 1.57 bits per heavy atom. The standard InChI is InChI=1S/C10H12N2O2/c1-2-8(11)6-3-4-9(13)7(5-6)10(12)14/h2-5,8,13H,1,11H2,(H2,12,14)/t8-/m0/s1. The lowest BCUT2D eigenvalue weighted by atomic mass is 10.0. The molecular formula is C10H12N2O2. The molecule has 0 aliphatic rings. The molecule has 0 spiro atoms. The predicted molar refractivity (Wildman–Crippen MR) is 53.8 cm³/mol. The number of primary amides is 1. The number of rotatable bonds is 3. The molecule has 0 aliphatic heterocycles. The lowest BCUT2D eigenvalue weighted by Crippen LogP contribution is -2.13. The summed E-state index contributed by atoms with van der Waals surface area (Å²) in [5, 5.41) is 9.29. The summed E-state index contributed by atoms with van der Waals surface area (Å²) in [5.41, 5.74) is 11.5. The van der Waals surface area contributed by atoms with Crippen molar-refractivity contribution in [2.24, 2.45) is 11.5 Å².